The van der Waals surface area contributed by atoms with Crippen LogP contribution in [0, 0.1) is 11.7 Å². The van der Waals surface area contributed by atoms with Crippen molar-refractivity contribution in [3.05, 3.63) is 35.6 Å². The standard InChI is InChI=1S/C18H29FN2/c1-3-15-7-6-11-21(14-15)12-10-18(20-4-2)16-8-5-9-17(19)13-16/h5,8-9,13,15,18,20H,3-4,6-7,10-12,14H2,1-2H3. The van der Waals surface area contributed by atoms with Crippen molar-refractivity contribution in [3.8, 4) is 0 Å². The van der Waals surface area contributed by atoms with E-state index < -0.39 is 0 Å². The second-order valence-electron chi connectivity index (χ2n) is 6.17. The zero-order valence-electron chi connectivity index (χ0n) is 13.4. The molecule has 0 bridgehead atoms. The lowest BCUT2D eigenvalue weighted by molar-refractivity contribution is 0.165. The maximum atomic E-state index is 13.4. The Morgan fingerprint density at radius 2 is 2.24 bits per heavy atom. The van der Waals surface area contributed by atoms with Gasteiger partial charge in [0.1, 0.15) is 5.82 Å². The van der Waals surface area contributed by atoms with Crippen LogP contribution in [-0.2, 0) is 0 Å². The maximum Gasteiger partial charge on any atom is 0.123 e. The Morgan fingerprint density at radius 1 is 1.38 bits per heavy atom. The molecule has 0 aliphatic carbocycles. The summed E-state index contributed by atoms with van der Waals surface area (Å²) in [5.41, 5.74) is 1.07. The second-order valence-corrected chi connectivity index (χ2v) is 6.17. The van der Waals surface area contributed by atoms with Crippen molar-refractivity contribution in [2.75, 3.05) is 26.2 Å². The van der Waals surface area contributed by atoms with Crippen LogP contribution in [-0.4, -0.2) is 31.1 Å². The third-order valence-corrected chi connectivity index (χ3v) is 4.62. The number of benzene rings is 1. The summed E-state index contributed by atoms with van der Waals surface area (Å²) in [6, 6.07) is 7.28. The predicted molar refractivity (Wildman–Crippen MR) is 86.9 cm³/mol. The summed E-state index contributed by atoms with van der Waals surface area (Å²) in [6.07, 6.45) is 5.04. The molecular formula is C18H29FN2. The predicted octanol–water partition coefficient (Wildman–Crippen LogP) is 3.99. The van der Waals surface area contributed by atoms with Crippen molar-refractivity contribution in [2.45, 2.75) is 45.6 Å². The van der Waals surface area contributed by atoms with Crippen LogP contribution in [0.1, 0.15) is 51.1 Å². The molecular weight excluding hydrogens is 263 g/mol. The van der Waals surface area contributed by atoms with Crippen molar-refractivity contribution >= 4 is 0 Å². The van der Waals surface area contributed by atoms with E-state index in [1.807, 2.05) is 12.1 Å². The molecule has 0 amide bonds. The van der Waals surface area contributed by atoms with E-state index in [9.17, 15) is 4.39 Å². The number of rotatable bonds is 7. The molecule has 118 valence electrons. The zero-order chi connectivity index (χ0) is 15.1. The highest BCUT2D eigenvalue weighted by molar-refractivity contribution is 5.20. The minimum atomic E-state index is -0.139. The fourth-order valence-electron chi connectivity index (χ4n) is 3.36. The maximum absolute atomic E-state index is 13.4. The van der Waals surface area contributed by atoms with Crippen LogP contribution >= 0.6 is 0 Å². The summed E-state index contributed by atoms with van der Waals surface area (Å²) in [4.78, 5) is 2.58. The number of hydrogen-bond acceptors (Lipinski definition) is 2. The lowest BCUT2D eigenvalue weighted by Gasteiger charge is -2.33. The van der Waals surface area contributed by atoms with Crippen LogP contribution in [0.2, 0.25) is 0 Å². The quantitative estimate of drug-likeness (QED) is 0.817. The Balaban J connectivity index is 1.91. The van der Waals surface area contributed by atoms with Crippen LogP contribution in [0.3, 0.4) is 0 Å². The molecule has 1 saturated heterocycles. The monoisotopic (exact) mass is 292 g/mol. The number of piperidine rings is 1. The van der Waals surface area contributed by atoms with Crippen molar-refractivity contribution in [2.24, 2.45) is 5.92 Å². The highest BCUT2D eigenvalue weighted by Gasteiger charge is 2.19. The molecule has 2 nitrogen and oxygen atoms in total. The molecule has 21 heavy (non-hydrogen) atoms. The van der Waals surface area contributed by atoms with E-state index in [1.54, 1.807) is 6.07 Å². The van der Waals surface area contributed by atoms with Gasteiger partial charge in [0.05, 0.1) is 0 Å². The van der Waals surface area contributed by atoms with E-state index >= 15 is 0 Å². The van der Waals surface area contributed by atoms with Crippen LogP contribution in [0.5, 0.6) is 0 Å². The SMILES string of the molecule is CCNC(CCN1CCCC(CC)C1)c1cccc(F)c1. The minimum Gasteiger partial charge on any atom is -0.310 e. The van der Waals surface area contributed by atoms with Crippen molar-refractivity contribution < 1.29 is 4.39 Å². The average molecular weight is 292 g/mol. The first kappa shape index (κ1) is 16.4. The van der Waals surface area contributed by atoms with E-state index in [2.05, 4.69) is 24.1 Å². The Kier molecular flexibility index (Phi) is 6.65. The first-order valence-corrected chi connectivity index (χ1v) is 8.44. The number of likely N-dealkylation sites (tertiary alicyclic amines) is 1. The van der Waals surface area contributed by atoms with E-state index in [-0.39, 0.29) is 11.9 Å². The largest absolute Gasteiger partial charge is 0.310 e. The molecule has 3 heteroatoms. The third-order valence-electron chi connectivity index (χ3n) is 4.62. The summed E-state index contributed by atoms with van der Waals surface area (Å²) < 4.78 is 13.4. The van der Waals surface area contributed by atoms with Crippen molar-refractivity contribution in [1.29, 1.82) is 0 Å². The Bertz CT molecular complexity index is 421. The molecule has 0 spiro atoms. The van der Waals surface area contributed by atoms with Gasteiger partial charge in [-0.3, -0.25) is 0 Å². The molecule has 1 heterocycles. The van der Waals surface area contributed by atoms with Crippen molar-refractivity contribution in [1.82, 2.24) is 10.2 Å². The summed E-state index contributed by atoms with van der Waals surface area (Å²) in [7, 11) is 0. The lowest BCUT2D eigenvalue weighted by atomic mass is 9.95. The van der Waals surface area contributed by atoms with Crippen LogP contribution in [0.25, 0.3) is 0 Å². The molecule has 1 aromatic rings. The van der Waals surface area contributed by atoms with Gasteiger partial charge in [-0.05, 0) is 62.5 Å². The molecule has 2 rings (SSSR count). The van der Waals surface area contributed by atoms with E-state index in [0.717, 1.165) is 31.0 Å². The average Bonchev–Trinajstić information content (AvgIpc) is 2.51. The van der Waals surface area contributed by atoms with Gasteiger partial charge < -0.3 is 10.2 Å². The molecule has 1 fully saturated rings. The van der Waals surface area contributed by atoms with Gasteiger partial charge in [0, 0.05) is 12.6 Å². The molecule has 1 aromatic carbocycles. The van der Waals surface area contributed by atoms with Crippen LogP contribution in [0.15, 0.2) is 24.3 Å². The Labute approximate surface area is 128 Å². The summed E-state index contributed by atoms with van der Waals surface area (Å²) in [6.45, 7) is 8.88. The first-order valence-electron chi connectivity index (χ1n) is 8.44. The van der Waals surface area contributed by atoms with Gasteiger partial charge in [0.2, 0.25) is 0 Å². The molecule has 2 atom stereocenters. The highest BCUT2D eigenvalue weighted by Crippen LogP contribution is 2.22. The zero-order valence-corrected chi connectivity index (χ0v) is 13.4. The molecule has 1 N–H and O–H groups in total. The Morgan fingerprint density at radius 3 is 2.95 bits per heavy atom. The van der Waals surface area contributed by atoms with Gasteiger partial charge in [0.25, 0.3) is 0 Å². The summed E-state index contributed by atoms with van der Waals surface area (Å²) >= 11 is 0. The Hall–Kier alpha value is -0.930. The molecule has 2 unspecified atom stereocenters. The van der Waals surface area contributed by atoms with E-state index in [4.69, 9.17) is 0 Å². The fourth-order valence-corrected chi connectivity index (χ4v) is 3.36. The first-order chi connectivity index (χ1) is 10.2. The fraction of sp³-hybridized carbons (Fsp3) is 0.667. The molecule has 1 aliphatic rings. The van der Waals surface area contributed by atoms with Gasteiger partial charge in [-0.25, -0.2) is 4.39 Å². The summed E-state index contributed by atoms with van der Waals surface area (Å²) in [5.74, 6) is 0.727. The number of hydrogen-bond donors (Lipinski definition) is 1. The second kappa shape index (κ2) is 8.50. The number of nitrogens with zero attached hydrogens (tertiary/aromatic N) is 1. The van der Waals surface area contributed by atoms with Gasteiger partial charge in [0.15, 0.2) is 0 Å². The minimum absolute atomic E-state index is 0.139. The smallest absolute Gasteiger partial charge is 0.123 e. The molecule has 0 aromatic heterocycles. The summed E-state index contributed by atoms with van der Waals surface area (Å²) in [5, 5.41) is 3.50. The van der Waals surface area contributed by atoms with Crippen LogP contribution in [0.4, 0.5) is 4.39 Å². The molecule has 0 radical (unpaired) electrons. The number of halogens is 1. The molecule has 0 saturated carbocycles. The van der Waals surface area contributed by atoms with Gasteiger partial charge >= 0.3 is 0 Å². The van der Waals surface area contributed by atoms with Gasteiger partial charge in [-0.2, -0.15) is 0 Å². The van der Waals surface area contributed by atoms with E-state index in [1.165, 1.54) is 38.4 Å². The van der Waals surface area contributed by atoms with Crippen LogP contribution < -0.4 is 5.32 Å². The van der Waals surface area contributed by atoms with Gasteiger partial charge in [-0.1, -0.05) is 32.4 Å². The van der Waals surface area contributed by atoms with Gasteiger partial charge in [-0.15, -0.1) is 0 Å². The van der Waals surface area contributed by atoms with E-state index in [0.29, 0.717) is 0 Å². The molecule has 1 aliphatic heterocycles. The lowest BCUT2D eigenvalue weighted by Crippen LogP contribution is -2.37. The topological polar surface area (TPSA) is 15.3 Å². The normalized spacial score (nSPS) is 21.4. The third kappa shape index (κ3) is 5.08. The number of nitrogens with one attached hydrogen (secondary N) is 1. The van der Waals surface area contributed by atoms with Crippen molar-refractivity contribution in [3.63, 3.8) is 0 Å². The highest BCUT2D eigenvalue weighted by atomic mass is 19.1.